The van der Waals surface area contributed by atoms with E-state index in [0.717, 1.165) is 12.1 Å². The summed E-state index contributed by atoms with van der Waals surface area (Å²) in [5.41, 5.74) is 6.08. The molecule has 0 unspecified atom stereocenters. The second-order valence-corrected chi connectivity index (χ2v) is 3.60. The number of benzene rings is 1. The summed E-state index contributed by atoms with van der Waals surface area (Å²) in [5.74, 6) is -1.00. The van der Waals surface area contributed by atoms with Crippen LogP contribution in [0.5, 0.6) is 5.75 Å². The molecule has 0 bridgehead atoms. The smallest absolute Gasteiger partial charge is 0.406 e. The number of nitrogens with one attached hydrogen (secondary N) is 1. The minimum atomic E-state index is -4.73. The number of primary amides is 1. The summed E-state index contributed by atoms with van der Waals surface area (Å²) in [6.45, 7) is 0. The highest BCUT2D eigenvalue weighted by Gasteiger charge is 2.30. The van der Waals surface area contributed by atoms with Crippen LogP contribution >= 0.6 is 0 Å². The second kappa shape index (κ2) is 4.63. The van der Waals surface area contributed by atoms with Gasteiger partial charge in [0.1, 0.15) is 11.4 Å². The maximum Gasteiger partial charge on any atom is 0.573 e. The number of hydrogen-bond donors (Lipinski definition) is 2. The quantitative estimate of drug-likeness (QED) is 0.896. The molecule has 1 amide bonds. The molecule has 8 heteroatoms. The predicted molar refractivity (Wildman–Crippen MR) is 59.2 cm³/mol. The number of nitrogens with zero attached hydrogens (tertiary/aromatic N) is 1. The number of nitrogens with two attached hydrogens (primary N) is 1. The van der Waals surface area contributed by atoms with Crippen molar-refractivity contribution in [2.45, 2.75) is 6.36 Å². The van der Waals surface area contributed by atoms with Crippen LogP contribution in [0, 0.1) is 0 Å². The van der Waals surface area contributed by atoms with Crippen molar-refractivity contribution in [2.24, 2.45) is 5.73 Å². The van der Waals surface area contributed by atoms with Gasteiger partial charge in [0.05, 0.1) is 5.69 Å². The van der Waals surface area contributed by atoms with Gasteiger partial charge >= 0.3 is 6.36 Å². The van der Waals surface area contributed by atoms with Gasteiger partial charge in [0, 0.05) is 5.56 Å². The third kappa shape index (κ3) is 3.24. The molecule has 1 aromatic heterocycles. The van der Waals surface area contributed by atoms with Crippen LogP contribution in [0.2, 0.25) is 0 Å². The fourth-order valence-electron chi connectivity index (χ4n) is 1.42. The Kier molecular flexibility index (Phi) is 3.16. The third-order valence-corrected chi connectivity index (χ3v) is 2.23. The lowest BCUT2D eigenvalue weighted by Gasteiger charge is -2.08. The Labute approximate surface area is 105 Å². The van der Waals surface area contributed by atoms with Crippen LogP contribution in [0.15, 0.2) is 30.3 Å². The number of carbonyl (C=O) groups excluding carboxylic acids is 1. The number of H-pyrrole nitrogens is 1. The number of amides is 1. The first-order valence-corrected chi connectivity index (χ1v) is 5.06. The number of aromatic amines is 1. The molecule has 100 valence electrons. The van der Waals surface area contributed by atoms with Crippen LogP contribution < -0.4 is 10.5 Å². The van der Waals surface area contributed by atoms with Crippen molar-refractivity contribution < 1.29 is 22.7 Å². The van der Waals surface area contributed by atoms with Gasteiger partial charge in [-0.1, -0.05) is 0 Å². The molecule has 0 aliphatic rings. The van der Waals surface area contributed by atoms with E-state index in [0.29, 0.717) is 11.3 Å². The van der Waals surface area contributed by atoms with E-state index < -0.39 is 12.3 Å². The zero-order valence-electron chi connectivity index (χ0n) is 9.36. The first-order chi connectivity index (χ1) is 8.85. The fourth-order valence-corrected chi connectivity index (χ4v) is 1.42. The molecule has 19 heavy (non-hydrogen) atoms. The van der Waals surface area contributed by atoms with Crippen molar-refractivity contribution in [3.8, 4) is 17.0 Å². The highest BCUT2D eigenvalue weighted by atomic mass is 19.4. The third-order valence-electron chi connectivity index (χ3n) is 2.23. The number of aromatic nitrogens is 2. The van der Waals surface area contributed by atoms with E-state index in [1.807, 2.05) is 0 Å². The standard InChI is InChI=1S/C11H8F3N3O2/c12-11(13,14)19-7-3-1-6(2-4-7)8-5-9(10(15)18)17-16-8/h1-5H,(H2,15,18)(H,16,17). The van der Waals surface area contributed by atoms with Crippen LogP contribution in [-0.2, 0) is 0 Å². The zero-order valence-corrected chi connectivity index (χ0v) is 9.36. The van der Waals surface area contributed by atoms with Crippen LogP contribution in [0.4, 0.5) is 13.2 Å². The maximum atomic E-state index is 12.0. The SMILES string of the molecule is NC(=O)c1cc(-c2ccc(OC(F)(F)F)cc2)n[nH]1. The first kappa shape index (κ1) is 12.9. The summed E-state index contributed by atoms with van der Waals surface area (Å²) < 4.78 is 39.6. The van der Waals surface area contributed by atoms with E-state index in [1.54, 1.807) is 0 Å². The van der Waals surface area contributed by atoms with E-state index in [-0.39, 0.29) is 11.4 Å². The first-order valence-electron chi connectivity index (χ1n) is 5.06. The van der Waals surface area contributed by atoms with Gasteiger partial charge < -0.3 is 10.5 Å². The normalized spacial score (nSPS) is 11.3. The van der Waals surface area contributed by atoms with Gasteiger partial charge in [-0.05, 0) is 30.3 Å². The molecule has 1 heterocycles. The lowest BCUT2D eigenvalue weighted by molar-refractivity contribution is -0.274. The minimum absolute atomic E-state index is 0.116. The van der Waals surface area contributed by atoms with Gasteiger partial charge in [0.25, 0.3) is 5.91 Å². The predicted octanol–water partition coefficient (Wildman–Crippen LogP) is 2.07. The summed E-state index contributed by atoms with van der Waals surface area (Å²) in [5, 5.41) is 6.24. The average molecular weight is 271 g/mol. The molecule has 3 N–H and O–H groups in total. The molecular weight excluding hydrogens is 263 g/mol. The molecule has 0 saturated heterocycles. The van der Waals surface area contributed by atoms with E-state index in [2.05, 4.69) is 14.9 Å². The second-order valence-electron chi connectivity index (χ2n) is 3.60. The van der Waals surface area contributed by atoms with Crippen molar-refractivity contribution >= 4 is 5.91 Å². The summed E-state index contributed by atoms with van der Waals surface area (Å²) in [6, 6.07) is 6.49. The Morgan fingerprint density at radius 2 is 1.89 bits per heavy atom. The largest absolute Gasteiger partial charge is 0.573 e. The van der Waals surface area contributed by atoms with Crippen LogP contribution in [0.3, 0.4) is 0 Å². The Bertz CT molecular complexity index is 590. The molecule has 0 spiro atoms. The molecule has 5 nitrogen and oxygen atoms in total. The van der Waals surface area contributed by atoms with E-state index in [4.69, 9.17) is 5.73 Å². The van der Waals surface area contributed by atoms with Gasteiger partial charge in [0.15, 0.2) is 0 Å². The molecule has 0 atom stereocenters. The minimum Gasteiger partial charge on any atom is -0.406 e. The molecule has 0 aliphatic heterocycles. The molecule has 0 aliphatic carbocycles. The van der Waals surface area contributed by atoms with Crippen LogP contribution in [0.25, 0.3) is 11.3 Å². The number of rotatable bonds is 3. The maximum absolute atomic E-state index is 12.0. The van der Waals surface area contributed by atoms with Crippen molar-refractivity contribution in [2.75, 3.05) is 0 Å². The van der Waals surface area contributed by atoms with Crippen LogP contribution in [0.1, 0.15) is 10.5 Å². The number of halogens is 3. The lowest BCUT2D eigenvalue weighted by Crippen LogP contribution is -2.16. The summed E-state index contributed by atoms with van der Waals surface area (Å²) >= 11 is 0. The zero-order chi connectivity index (χ0) is 14.0. The molecule has 0 fully saturated rings. The summed E-state index contributed by atoms with van der Waals surface area (Å²) in [6.07, 6.45) is -4.73. The van der Waals surface area contributed by atoms with E-state index in [9.17, 15) is 18.0 Å². The molecule has 1 aromatic carbocycles. The lowest BCUT2D eigenvalue weighted by atomic mass is 10.1. The highest BCUT2D eigenvalue weighted by Crippen LogP contribution is 2.25. The summed E-state index contributed by atoms with van der Waals surface area (Å²) in [7, 11) is 0. The highest BCUT2D eigenvalue weighted by molar-refractivity contribution is 5.91. The topological polar surface area (TPSA) is 81.0 Å². The molecule has 2 rings (SSSR count). The Balaban J connectivity index is 2.20. The van der Waals surface area contributed by atoms with Crippen molar-refractivity contribution in [3.63, 3.8) is 0 Å². The molecule has 0 saturated carbocycles. The van der Waals surface area contributed by atoms with E-state index >= 15 is 0 Å². The molecule has 0 radical (unpaired) electrons. The fraction of sp³-hybridized carbons (Fsp3) is 0.0909. The Morgan fingerprint density at radius 3 is 2.37 bits per heavy atom. The van der Waals surface area contributed by atoms with Crippen molar-refractivity contribution in [1.29, 1.82) is 0 Å². The van der Waals surface area contributed by atoms with Gasteiger partial charge in [0.2, 0.25) is 0 Å². The van der Waals surface area contributed by atoms with E-state index in [1.165, 1.54) is 18.2 Å². The molecule has 2 aromatic rings. The number of alkyl halides is 3. The number of ether oxygens (including phenoxy) is 1. The summed E-state index contributed by atoms with van der Waals surface area (Å²) in [4.78, 5) is 10.9. The van der Waals surface area contributed by atoms with Crippen molar-refractivity contribution in [1.82, 2.24) is 10.2 Å². The van der Waals surface area contributed by atoms with Gasteiger partial charge in [-0.15, -0.1) is 13.2 Å². The number of hydrogen-bond acceptors (Lipinski definition) is 3. The monoisotopic (exact) mass is 271 g/mol. The Morgan fingerprint density at radius 1 is 1.26 bits per heavy atom. The van der Waals surface area contributed by atoms with Gasteiger partial charge in [-0.25, -0.2) is 0 Å². The van der Waals surface area contributed by atoms with Gasteiger partial charge in [-0.3, -0.25) is 9.89 Å². The average Bonchev–Trinajstić information content (AvgIpc) is 2.77. The molecular formula is C11H8F3N3O2. The Hall–Kier alpha value is -2.51. The number of carbonyl (C=O) groups is 1. The van der Waals surface area contributed by atoms with Crippen LogP contribution in [-0.4, -0.2) is 22.5 Å². The van der Waals surface area contributed by atoms with Crippen molar-refractivity contribution in [3.05, 3.63) is 36.0 Å². The van der Waals surface area contributed by atoms with Gasteiger partial charge in [-0.2, -0.15) is 5.10 Å².